The van der Waals surface area contributed by atoms with Crippen molar-refractivity contribution in [2.45, 2.75) is 111 Å². The number of carbonyl (C=O) groups is 4. The zero-order valence-electron chi connectivity index (χ0n) is 29.8. The predicted octanol–water partition coefficient (Wildman–Crippen LogP) is 4.86. The molecule has 0 spiro atoms. The van der Waals surface area contributed by atoms with E-state index >= 15 is 0 Å². The number of nitrogens with one attached hydrogen (secondary N) is 4. The Bertz CT molecular complexity index is 1400. The molecular formula is C35H53N4O8P. The van der Waals surface area contributed by atoms with Crippen molar-refractivity contribution < 1.29 is 37.3 Å². The highest BCUT2D eigenvalue weighted by molar-refractivity contribution is 7.49. The minimum absolute atomic E-state index is 0.0903. The SMILES string of the molecule is CC(=O)N[C@@H](Cc1ccc(OP(=O)(OC(C)(C)C)OC(C)(C)C)cc1)C(=O)N[C@H](C(=O)N[C@H](C)C(=O)NCCc1ccccc1)C(C)C. The lowest BCUT2D eigenvalue weighted by Crippen LogP contribution is -2.58. The molecule has 2 aromatic carbocycles. The van der Waals surface area contributed by atoms with Crippen LogP contribution in [0.2, 0.25) is 0 Å². The minimum Gasteiger partial charge on any atom is -0.404 e. The van der Waals surface area contributed by atoms with Crippen LogP contribution in [-0.2, 0) is 45.6 Å². The van der Waals surface area contributed by atoms with Crippen LogP contribution >= 0.6 is 7.82 Å². The molecule has 2 rings (SSSR count). The maximum Gasteiger partial charge on any atom is 0.531 e. The summed E-state index contributed by atoms with van der Waals surface area (Å²) >= 11 is 0. The summed E-state index contributed by atoms with van der Waals surface area (Å²) in [7, 11) is -4.02. The topological polar surface area (TPSA) is 161 Å². The van der Waals surface area contributed by atoms with E-state index in [9.17, 15) is 23.7 Å². The summed E-state index contributed by atoms with van der Waals surface area (Å²) in [5.41, 5.74) is 0.123. The van der Waals surface area contributed by atoms with Crippen molar-refractivity contribution in [2.75, 3.05) is 6.54 Å². The van der Waals surface area contributed by atoms with Crippen molar-refractivity contribution in [3.05, 3.63) is 65.7 Å². The second-order valence-corrected chi connectivity index (χ2v) is 15.5. The van der Waals surface area contributed by atoms with Gasteiger partial charge in [-0.15, -0.1) is 0 Å². The fraction of sp³-hybridized carbons (Fsp3) is 0.543. The zero-order chi connectivity index (χ0) is 36.3. The number of phosphoric acid groups is 1. The molecule has 4 N–H and O–H groups in total. The Labute approximate surface area is 285 Å². The lowest BCUT2D eigenvalue weighted by Gasteiger charge is -2.30. The smallest absolute Gasteiger partial charge is 0.404 e. The lowest BCUT2D eigenvalue weighted by atomic mass is 10.0. The first-order chi connectivity index (χ1) is 22.2. The Balaban J connectivity index is 2.08. The molecule has 3 atom stereocenters. The molecule has 0 aliphatic rings. The number of hydrogen-bond acceptors (Lipinski definition) is 8. The number of rotatable bonds is 16. The van der Waals surface area contributed by atoms with E-state index in [1.165, 1.54) is 6.92 Å². The molecule has 0 aliphatic heterocycles. The molecule has 4 amide bonds. The molecular weight excluding hydrogens is 635 g/mol. The lowest BCUT2D eigenvalue weighted by molar-refractivity contribution is -0.134. The van der Waals surface area contributed by atoms with Crippen LogP contribution in [0.4, 0.5) is 0 Å². The fourth-order valence-electron chi connectivity index (χ4n) is 4.52. The highest BCUT2D eigenvalue weighted by Crippen LogP contribution is 2.55. The van der Waals surface area contributed by atoms with Crippen LogP contribution in [0.5, 0.6) is 5.75 Å². The fourth-order valence-corrected chi connectivity index (χ4v) is 6.35. The first-order valence-corrected chi connectivity index (χ1v) is 17.6. The number of amides is 4. The van der Waals surface area contributed by atoms with Crippen LogP contribution in [0.3, 0.4) is 0 Å². The molecule has 2 aromatic rings. The van der Waals surface area contributed by atoms with Crippen LogP contribution in [-0.4, -0.2) is 59.5 Å². The van der Waals surface area contributed by atoms with Gasteiger partial charge in [-0.1, -0.05) is 56.3 Å². The third-order valence-corrected chi connectivity index (χ3v) is 8.58. The molecule has 0 aromatic heterocycles. The third kappa shape index (κ3) is 15.0. The molecule has 0 heterocycles. The van der Waals surface area contributed by atoms with E-state index in [1.807, 2.05) is 30.3 Å². The van der Waals surface area contributed by atoms with E-state index in [2.05, 4.69) is 21.3 Å². The van der Waals surface area contributed by atoms with Crippen molar-refractivity contribution in [3.63, 3.8) is 0 Å². The van der Waals surface area contributed by atoms with Crippen molar-refractivity contribution in [3.8, 4) is 5.75 Å². The van der Waals surface area contributed by atoms with Gasteiger partial charge in [-0.3, -0.25) is 28.2 Å². The molecule has 48 heavy (non-hydrogen) atoms. The van der Waals surface area contributed by atoms with Crippen molar-refractivity contribution in [2.24, 2.45) is 5.92 Å². The van der Waals surface area contributed by atoms with Crippen LogP contribution in [0.25, 0.3) is 0 Å². The Morgan fingerprint density at radius 2 is 1.29 bits per heavy atom. The van der Waals surface area contributed by atoms with Gasteiger partial charge in [0.25, 0.3) is 0 Å². The standard InChI is InChI=1S/C35H53N4O8P/c1-23(2)30(33(43)37-24(3)31(41)36-21-20-26-14-12-11-13-15-26)39-32(42)29(38-25(4)40)22-27-16-18-28(19-17-27)45-48(44,46-34(5,6)7)47-35(8,9)10/h11-19,23-24,29-30H,20-22H2,1-10H3,(H,36,41)(H,37,43)(H,38,40)(H,39,42)/t24-,29+,30+/m1/s1. The van der Waals surface area contributed by atoms with Gasteiger partial charge in [-0.25, -0.2) is 4.57 Å². The van der Waals surface area contributed by atoms with Gasteiger partial charge in [-0.2, -0.15) is 0 Å². The first-order valence-electron chi connectivity index (χ1n) is 16.2. The molecule has 0 fully saturated rings. The van der Waals surface area contributed by atoms with Gasteiger partial charge in [0.15, 0.2) is 0 Å². The van der Waals surface area contributed by atoms with Gasteiger partial charge in [0.2, 0.25) is 23.6 Å². The largest absolute Gasteiger partial charge is 0.531 e. The Morgan fingerprint density at radius 1 is 0.729 bits per heavy atom. The summed E-state index contributed by atoms with van der Waals surface area (Å²) in [4.78, 5) is 51.3. The van der Waals surface area contributed by atoms with E-state index in [-0.39, 0.29) is 24.0 Å². The Kier molecular flexibility index (Phi) is 14.8. The normalized spacial score (nSPS) is 14.0. The molecule has 0 bridgehead atoms. The van der Waals surface area contributed by atoms with E-state index in [1.54, 1.807) is 86.6 Å². The van der Waals surface area contributed by atoms with E-state index in [0.29, 0.717) is 18.5 Å². The predicted molar refractivity (Wildman–Crippen MR) is 185 cm³/mol. The summed E-state index contributed by atoms with van der Waals surface area (Å²) in [6.07, 6.45) is 0.739. The van der Waals surface area contributed by atoms with E-state index in [4.69, 9.17) is 13.6 Å². The third-order valence-electron chi connectivity index (χ3n) is 6.60. The minimum atomic E-state index is -4.02. The Hall–Kier alpha value is -3.73. The van der Waals surface area contributed by atoms with Gasteiger partial charge < -0.3 is 25.8 Å². The zero-order valence-corrected chi connectivity index (χ0v) is 30.7. The van der Waals surface area contributed by atoms with Crippen LogP contribution in [0.15, 0.2) is 54.6 Å². The summed E-state index contributed by atoms with van der Waals surface area (Å²) in [5, 5.41) is 10.9. The average molecular weight is 689 g/mol. The maximum absolute atomic E-state index is 13.5. The number of benzene rings is 2. The molecule has 266 valence electrons. The quantitative estimate of drug-likeness (QED) is 0.182. The number of carbonyl (C=O) groups excluding carboxylic acids is 4. The van der Waals surface area contributed by atoms with Gasteiger partial charge >= 0.3 is 7.82 Å². The van der Waals surface area contributed by atoms with Gasteiger partial charge in [0.1, 0.15) is 23.9 Å². The molecule has 0 radical (unpaired) electrons. The molecule has 0 unspecified atom stereocenters. The average Bonchev–Trinajstić information content (AvgIpc) is 2.94. The molecule has 0 aliphatic carbocycles. The molecule has 13 heteroatoms. The molecule has 0 saturated carbocycles. The molecule has 12 nitrogen and oxygen atoms in total. The summed E-state index contributed by atoms with van der Waals surface area (Å²) < 4.78 is 30.5. The van der Waals surface area contributed by atoms with Crippen LogP contribution in [0, 0.1) is 5.92 Å². The van der Waals surface area contributed by atoms with Crippen molar-refractivity contribution in [1.82, 2.24) is 21.3 Å². The van der Waals surface area contributed by atoms with Crippen molar-refractivity contribution in [1.29, 1.82) is 0 Å². The number of hydrogen-bond donors (Lipinski definition) is 4. The number of phosphoric ester groups is 1. The molecule has 0 saturated heterocycles. The maximum atomic E-state index is 13.5. The van der Waals surface area contributed by atoms with Gasteiger partial charge in [0, 0.05) is 19.9 Å². The summed E-state index contributed by atoms with van der Waals surface area (Å²) in [6.45, 7) is 17.3. The van der Waals surface area contributed by atoms with E-state index in [0.717, 1.165) is 5.56 Å². The highest BCUT2D eigenvalue weighted by Gasteiger charge is 2.39. The second-order valence-electron chi connectivity index (χ2n) is 14.0. The second kappa shape index (κ2) is 17.6. The van der Waals surface area contributed by atoms with E-state index < -0.39 is 54.9 Å². The van der Waals surface area contributed by atoms with Crippen molar-refractivity contribution >= 4 is 31.5 Å². The summed E-state index contributed by atoms with van der Waals surface area (Å²) in [5.74, 6) is -1.96. The van der Waals surface area contributed by atoms with Gasteiger partial charge in [-0.05, 0) is 84.1 Å². The van der Waals surface area contributed by atoms with Gasteiger partial charge in [0.05, 0.1) is 11.2 Å². The highest BCUT2D eigenvalue weighted by atomic mass is 31.2. The monoisotopic (exact) mass is 688 g/mol. The van der Waals surface area contributed by atoms with Crippen LogP contribution in [0.1, 0.15) is 80.4 Å². The Morgan fingerprint density at radius 3 is 1.79 bits per heavy atom. The summed E-state index contributed by atoms with van der Waals surface area (Å²) in [6, 6.07) is 13.4. The first kappa shape index (κ1) is 40.4. The van der Waals surface area contributed by atoms with Crippen LogP contribution < -0.4 is 25.8 Å².